The van der Waals surface area contributed by atoms with Gasteiger partial charge >= 0.3 is 0 Å². The van der Waals surface area contributed by atoms with Gasteiger partial charge in [0.05, 0.1) is 18.0 Å². The first-order chi connectivity index (χ1) is 16.6. The predicted molar refractivity (Wildman–Crippen MR) is 128 cm³/mol. The maximum atomic E-state index is 14.1. The van der Waals surface area contributed by atoms with Gasteiger partial charge in [-0.2, -0.15) is 0 Å². The molecule has 2 heterocycles. The Morgan fingerprint density at radius 2 is 1.88 bits per heavy atom. The zero-order valence-electron chi connectivity index (χ0n) is 18.3. The van der Waals surface area contributed by atoms with Gasteiger partial charge in [-0.05, 0) is 42.3 Å². The number of aromatic nitrogens is 3. The molecule has 0 aliphatic carbocycles. The van der Waals surface area contributed by atoms with Crippen LogP contribution >= 0.6 is 11.8 Å². The Bertz CT molecular complexity index is 1340. The molecule has 34 heavy (non-hydrogen) atoms. The molecule has 0 atom stereocenters. The second kappa shape index (κ2) is 9.56. The summed E-state index contributed by atoms with van der Waals surface area (Å²) in [5.41, 5.74) is 2.83. The van der Waals surface area contributed by atoms with Crippen molar-refractivity contribution in [2.45, 2.75) is 18.6 Å². The van der Waals surface area contributed by atoms with E-state index >= 15 is 0 Å². The number of hydrogen-bond acceptors (Lipinski definition) is 6. The highest BCUT2D eigenvalue weighted by atomic mass is 32.2. The molecule has 0 unspecified atom stereocenters. The smallest absolute Gasteiger partial charge is 0.234 e. The van der Waals surface area contributed by atoms with Crippen LogP contribution in [0.5, 0.6) is 11.5 Å². The van der Waals surface area contributed by atoms with Crippen LogP contribution in [0.15, 0.2) is 71.9 Å². The van der Waals surface area contributed by atoms with E-state index in [1.54, 1.807) is 19.1 Å². The second-order valence-corrected chi connectivity index (χ2v) is 8.71. The van der Waals surface area contributed by atoms with Gasteiger partial charge in [0.25, 0.3) is 0 Å². The highest BCUT2D eigenvalue weighted by Crippen LogP contribution is 2.33. The van der Waals surface area contributed by atoms with Crippen molar-refractivity contribution >= 4 is 23.4 Å². The van der Waals surface area contributed by atoms with E-state index in [0.717, 1.165) is 16.7 Å². The number of carbonyl (C=O) groups is 1. The van der Waals surface area contributed by atoms with Crippen LogP contribution in [0.3, 0.4) is 0 Å². The van der Waals surface area contributed by atoms with Gasteiger partial charge < -0.3 is 14.8 Å². The number of benzene rings is 3. The van der Waals surface area contributed by atoms with E-state index < -0.39 is 5.82 Å². The summed E-state index contributed by atoms with van der Waals surface area (Å²) < 4.78 is 27.0. The molecular weight excluding hydrogens is 455 g/mol. The normalized spacial score (nSPS) is 12.1. The topological polar surface area (TPSA) is 78.3 Å². The van der Waals surface area contributed by atoms with Crippen molar-refractivity contribution in [1.82, 2.24) is 14.8 Å². The van der Waals surface area contributed by atoms with Gasteiger partial charge in [-0.15, -0.1) is 10.2 Å². The fraction of sp³-hybridized carbons (Fsp3) is 0.160. The molecule has 0 fully saturated rings. The number of thioether (sulfide) groups is 1. The summed E-state index contributed by atoms with van der Waals surface area (Å²) in [4.78, 5) is 12.5. The van der Waals surface area contributed by atoms with Crippen molar-refractivity contribution < 1.29 is 18.7 Å². The first-order valence-corrected chi connectivity index (χ1v) is 11.6. The number of halogens is 1. The monoisotopic (exact) mass is 476 g/mol. The summed E-state index contributed by atoms with van der Waals surface area (Å²) in [5, 5.41) is 11.9. The first-order valence-electron chi connectivity index (χ1n) is 10.6. The number of nitrogens with zero attached hydrogens (tertiary/aromatic N) is 3. The van der Waals surface area contributed by atoms with Crippen LogP contribution < -0.4 is 14.8 Å². The highest BCUT2D eigenvalue weighted by Gasteiger charge is 2.19. The van der Waals surface area contributed by atoms with Crippen LogP contribution in [-0.2, 0) is 11.3 Å². The molecule has 0 radical (unpaired) electrons. The van der Waals surface area contributed by atoms with Crippen LogP contribution in [0.4, 0.5) is 10.1 Å². The maximum Gasteiger partial charge on any atom is 0.234 e. The number of carbonyl (C=O) groups excluding carboxylic acids is 1. The van der Waals surface area contributed by atoms with E-state index in [4.69, 9.17) is 9.47 Å². The Labute approximate surface area is 199 Å². The van der Waals surface area contributed by atoms with Crippen molar-refractivity contribution in [2.75, 3.05) is 17.9 Å². The Balaban J connectivity index is 1.37. The van der Waals surface area contributed by atoms with Gasteiger partial charge in [0.2, 0.25) is 12.7 Å². The predicted octanol–water partition coefficient (Wildman–Crippen LogP) is 4.90. The summed E-state index contributed by atoms with van der Waals surface area (Å²) in [5.74, 6) is 1.36. The lowest BCUT2D eigenvalue weighted by Gasteiger charge is -2.11. The standard InChI is InChI=1S/C25H21FN4O3S/c1-16-7-9-20(19(26)11-16)27-23(31)14-34-25-29-28-24(18-5-3-2-4-6-18)30(25)13-17-8-10-21-22(12-17)33-15-32-21/h2-12H,13-15H2,1H3,(H,27,31). The van der Waals surface area contributed by atoms with Crippen LogP contribution in [-0.4, -0.2) is 33.2 Å². The van der Waals surface area contributed by atoms with Crippen molar-refractivity contribution in [3.8, 4) is 22.9 Å². The lowest BCUT2D eigenvalue weighted by atomic mass is 10.2. The van der Waals surface area contributed by atoms with Crippen LogP contribution in [0.1, 0.15) is 11.1 Å². The fourth-order valence-corrected chi connectivity index (χ4v) is 4.34. The fourth-order valence-electron chi connectivity index (χ4n) is 3.60. The van der Waals surface area contributed by atoms with E-state index in [0.29, 0.717) is 29.0 Å². The van der Waals surface area contributed by atoms with E-state index in [2.05, 4.69) is 15.5 Å². The SMILES string of the molecule is Cc1ccc(NC(=O)CSc2nnc(-c3ccccc3)n2Cc2ccc3c(c2)OCO3)c(F)c1. The summed E-state index contributed by atoms with van der Waals surface area (Å²) in [7, 11) is 0. The molecule has 9 heteroatoms. The van der Waals surface area contributed by atoms with Crippen LogP contribution in [0, 0.1) is 12.7 Å². The average molecular weight is 477 g/mol. The third-order valence-corrected chi connectivity index (χ3v) is 6.22. The van der Waals surface area contributed by atoms with Crippen LogP contribution in [0.25, 0.3) is 11.4 Å². The first kappa shape index (κ1) is 22.0. The number of aryl methyl sites for hydroxylation is 1. The minimum atomic E-state index is -0.462. The lowest BCUT2D eigenvalue weighted by molar-refractivity contribution is -0.113. The summed E-state index contributed by atoms with van der Waals surface area (Å²) in [6.07, 6.45) is 0. The van der Waals surface area contributed by atoms with Crippen molar-refractivity contribution in [3.05, 3.63) is 83.7 Å². The van der Waals surface area contributed by atoms with Gasteiger partial charge in [-0.1, -0.05) is 54.2 Å². The molecule has 1 amide bonds. The molecular formula is C25H21FN4O3S. The molecule has 0 spiro atoms. The molecule has 0 bridgehead atoms. The van der Waals surface area contributed by atoms with Crippen molar-refractivity contribution in [3.63, 3.8) is 0 Å². The number of nitrogens with one attached hydrogen (secondary N) is 1. The molecule has 4 aromatic rings. The quantitative estimate of drug-likeness (QED) is 0.382. The van der Waals surface area contributed by atoms with Crippen LogP contribution in [0.2, 0.25) is 0 Å². The van der Waals surface area contributed by atoms with Gasteiger partial charge in [0, 0.05) is 5.56 Å². The van der Waals surface area contributed by atoms with Gasteiger partial charge in [-0.3, -0.25) is 9.36 Å². The molecule has 3 aromatic carbocycles. The molecule has 1 aliphatic rings. The number of amides is 1. The van der Waals surface area contributed by atoms with Gasteiger partial charge in [0.15, 0.2) is 22.5 Å². The molecule has 1 aromatic heterocycles. The Morgan fingerprint density at radius 3 is 2.71 bits per heavy atom. The van der Waals surface area contributed by atoms with E-state index in [1.165, 1.54) is 17.8 Å². The molecule has 0 saturated heterocycles. The molecule has 7 nitrogen and oxygen atoms in total. The Hall–Kier alpha value is -3.85. The molecule has 1 N–H and O–H groups in total. The number of anilines is 1. The zero-order valence-corrected chi connectivity index (χ0v) is 19.1. The van der Waals surface area contributed by atoms with Crippen molar-refractivity contribution in [1.29, 1.82) is 0 Å². The Kier molecular flexibility index (Phi) is 6.18. The highest BCUT2D eigenvalue weighted by molar-refractivity contribution is 7.99. The van der Waals surface area contributed by atoms with E-state index in [1.807, 2.05) is 53.1 Å². The summed E-state index contributed by atoms with van der Waals surface area (Å²) in [6.45, 7) is 2.48. The molecule has 1 aliphatic heterocycles. The number of rotatable bonds is 7. The second-order valence-electron chi connectivity index (χ2n) is 7.77. The minimum absolute atomic E-state index is 0.0569. The van der Waals surface area contributed by atoms with E-state index in [-0.39, 0.29) is 24.1 Å². The third kappa shape index (κ3) is 4.74. The van der Waals surface area contributed by atoms with E-state index in [9.17, 15) is 9.18 Å². The maximum absolute atomic E-state index is 14.1. The number of ether oxygens (including phenoxy) is 2. The largest absolute Gasteiger partial charge is 0.454 e. The molecule has 172 valence electrons. The zero-order chi connectivity index (χ0) is 23.5. The Morgan fingerprint density at radius 1 is 1.06 bits per heavy atom. The number of fused-ring (bicyclic) bond motifs is 1. The summed E-state index contributed by atoms with van der Waals surface area (Å²) >= 11 is 1.24. The molecule has 0 saturated carbocycles. The summed E-state index contributed by atoms with van der Waals surface area (Å²) in [6, 6.07) is 20.2. The number of hydrogen-bond donors (Lipinski definition) is 1. The minimum Gasteiger partial charge on any atom is -0.454 e. The lowest BCUT2D eigenvalue weighted by Crippen LogP contribution is -2.16. The average Bonchev–Trinajstić information content (AvgIpc) is 3.47. The van der Waals surface area contributed by atoms with Crippen molar-refractivity contribution in [2.24, 2.45) is 0 Å². The third-order valence-electron chi connectivity index (χ3n) is 5.26. The van der Waals surface area contributed by atoms with Gasteiger partial charge in [-0.25, -0.2) is 4.39 Å². The molecule has 5 rings (SSSR count). The van der Waals surface area contributed by atoms with Gasteiger partial charge in [0.1, 0.15) is 5.82 Å².